The van der Waals surface area contributed by atoms with Crippen molar-refractivity contribution in [2.24, 2.45) is 0 Å². The van der Waals surface area contributed by atoms with E-state index in [-0.39, 0.29) is 5.82 Å². The fourth-order valence-corrected chi connectivity index (χ4v) is 4.91. The quantitative estimate of drug-likeness (QED) is 0.835. The van der Waals surface area contributed by atoms with Crippen LogP contribution >= 0.6 is 11.8 Å². The van der Waals surface area contributed by atoms with E-state index in [1.165, 1.54) is 31.5 Å². The number of rotatable bonds is 1. The van der Waals surface area contributed by atoms with Gasteiger partial charge < -0.3 is 5.11 Å². The van der Waals surface area contributed by atoms with Crippen LogP contribution in [0.3, 0.4) is 0 Å². The number of aliphatic hydroxyl groups is 1. The standard InChI is InChI=1S/C13H16FNOS/c14-10-4-9(7-15-8-10)13(16)5-11-2-1-3-12(6-13)17-11/h4,7-8,11-12,16H,1-3,5-6H2. The van der Waals surface area contributed by atoms with Crippen molar-refractivity contribution in [1.29, 1.82) is 0 Å². The van der Waals surface area contributed by atoms with Crippen LogP contribution in [0.2, 0.25) is 0 Å². The maximum Gasteiger partial charge on any atom is 0.141 e. The van der Waals surface area contributed by atoms with Crippen LogP contribution in [0.1, 0.15) is 37.7 Å². The Hall–Kier alpha value is -0.610. The average molecular weight is 253 g/mol. The molecule has 1 aromatic heterocycles. The van der Waals surface area contributed by atoms with Gasteiger partial charge in [-0.2, -0.15) is 11.8 Å². The molecule has 2 aliphatic heterocycles. The highest BCUT2D eigenvalue weighted by Crippen LogP contribution is 2.49. The van der Waals surface area contributed by atoms with Crippen molar-refractivity contribution in [3.8, 4) is 0 Å². The Morgan fingerprint density at radius 1 is 1.29 bits per heavy atom. The molecule has 0 saturated carbocycles. The third kappa shape index (κ3) is 2.20. The highest BCUT2D eigenvalue weighted by atomic mass is 32.2. The first-order valence-corrected chi connectivity index (χ1v) is 7.09. The summed E-state index contributed by atoms with van der Waals surface area (Å²) in [6.07, 6.45) is 7.87. The summed E-state index contributed by atoms with van der Waals surface area (Å²) in [5.41, 5.74) is -0.217. The molecule has 3 heterocycles. The molecule has 0 radical (unpaired) electrons. The third-order valence-electron chi connectivity index (χ3n) is 3.81. The molecule has 2 fully saturated rings. The third-order valence-corrected chi connectivity index (χ3v) is 5.38. The molecule has 2 bridgehead atoms. The fourth-order valence-electron chi connectivity index (χ4n) is 3.02. The van der Waals surface area contributed by atoms with Gasteiger partial charge in [0.2, 0.25) is 0 Å². The molecule has 0 spiro atoms. The van der Waals surface area contributed by atoms with Crippen molar-refractivity contribution in [3.63, 3.8) is 0 Å². The number of hydrogen-bond donors (Lipinski definition) is 1. The van der Waals surface area contributed by atoms with E-state index in [4.69, 9.17) is 0 Å². The van der Waals surface area contributed by atoms with Crippen molar-refractivity contribution in [1.82, 2.24) is 4.98 Å². The molecule has 0 amide bonds. The van der Waals surface area contributed by atoms with Crippen molar-refractivity contribution in [2.45, 2.75) is 48.2 Å². The van der Waals surface area contributed by atoms with Crippen LogP contribution in [0.15, 0.2) is 18.5 Å². The Morgan fingerprint density at radius 2 is 2.00 bits per heavy atom. The lowest BCUT2D eigenvalue weighted by Crippen LogP contribution is -2.40. The van der Waals surface area contributed by atoms with Gasteiger partial charge in [0, 0.05) is 22.3 Å². The van der Waals surface area contributed by atoms with Gasteiger partial charge >= 0.3 is 0 Å². The van der Waals surface area contributed by atoms with Crippen molar-refractivity contribution >= 4 is 11.8 Å². The number of fused-ring (bicyclic) bond motifs is 2. The smallest absolute Gasteiger partial charge is 0.141 e. The Bertz CT molecular complexity index is 414. The number of aromatic nitrogens is 1. The number of halogens is 1. The van der Waals surface area contributed by atoms with Crippen molar-refractivity contribution < 1.29 is 9.50 Å². The monoisotopic (exact) mass is 253 g/mol. The second kappa shape index (κ2) is 4.25. The molecular formula is C13H16FNOS. The van der Waals surface area contributed by atoms with Gasteiger partial charge in [-0.1, -0.05) is 6.42 Å². The van der Waals surface area contributed by atoms with E-state index in [0.29, 0.717) is 16.1 Å². The first-order chi connectivity index (χ1) is 8.16. The molecule has 0 aliphatic carbocycles. The second-order valence-corrected chi connectivity index (χ2v) is 6.75. The molecule has 3 rings (SSSR count). The zero-order valence-corrected chi connectivity index (χ0v) is 10.4. The van der Waals surface area contributed by atoms with E-state index < -0.39 is 5.60 Å². The largest absolute Gasteiger partial charge is 0.385 e. The van der Waals surface area contributed by atoms with Gasteiger partial charge in [0.15, 0.2) is 0 Å². The highest BCUT2D eigenvalue weighted by molar-refractivity contribution is 8.00. The van der Waals surface area contributed by atoms with E-state index in [1.54, 1.807) is 6.20 Å². The minimum absolute atomic E-state index is 0.362. The predicted molar refractivity (Wildman–Crippen MR) is 66.3 cm³/mol. The van der Waals surface area contributed by atoms with Gasteiger partial charge in [-0.15, -0.1) is 0 Å². The summed E-state index contributed by atoms with van der Waals surface area (Å²) < 4.78 is 13.2. The van der Waals surface area contributed by atoms with Gasteiger partial charge in [-0.05, 0) is 31.7 Å². The van der Waals surface area contributed by atoms with Gasteiger partial charge in [0.05, 0.1) is 11.8 Å². The molecular weight excluding hydrogens is 237 g/mol. The SMILES string of the molecule is OC1(c2cncc(F)c2)CC2CCCC(C1)S2. The predicted octanol–water partition coefficient (Wildman–Crippen LogP) is 2.86. The summed E-state index contributed by atoms with van der Waals surface area (Å²) in [6.45, 7) is 0. The molecule has 1 aromatic rings. The molecule has 0 aromatic carbocycles. The van der Waals surface area contributed by atoms with Crippen LogP contribution in [0.5, 0.6) is 0 Å². The summed E-state index contributed by atoms with van der Waals surface area (Å²) in [5, 5.41) is 11.8. The minimum atomic E-state index is -0.865. The van der Waals surface area contributed by atoms with Crippen molar-refractivity contribution in [2.75, 3.05) is 0 Å². The van der Waals surface area contributed by atoms with E-state index >= 15 is 0 Å². The minimum Gasteiger partial charge on any atom is -0.385 e. The Labute approximate surface area is 105 Å². The maximum absolute atomic E-state index is 13.2. The molecule has 1 N–H and O–H groups in total. The highest BCUT2D eigenvalue weighted by Gasteiger charge is 2.42. The number of pyridine rings is 1. The molecule has 4 heteroatoms. The number of thioether (sulfide) groups is 1. The lowest BCUT2D eigenvalue weighted by molar-refractivity contribution is 0.00753. The first-order valence-electron chi connectivity index (χ1n) is 6.15. The van der Waals surface area contributed by atoms with E-state index in [0.717, 1.165) is 12.8 Å². The summed E-state index contributed by atoms with van der Waals surface area (Å²) in [4.78, 5) is 3.86. The van der Waals surface area contributed by atoms with Gasteiger partial charge in [-0.25, -0.2) is 4.39 Å². The van der Waals surface area contributed by atoms with Crippen LogP contribution in [0, 0.1) is 5.82 Å². The summed E-state index contributed by atoms with van der Waals surface area (Å²) >= 11 is 2.00. The summed E-state index contributed by atoms with van der Waals surface area (Å²) in [6, 6.07) is 1.43. The van der Waals surface area contributed by atoms with Crippen LogP contribution < -0.4 is 0 Å². The molecule has 2 aliphatic rings. The summed E-state index contributed by atoms with van der Waals surface area (Å²) in [5.74, 6) is -0.362. The van der Waals surface area contributed by atoms with Gasteiger partial charge in [0.1, 0.15) is 5.82 Å². The average Bonchev–Trinajstić information content (AvgIpc) is 2.28. The van der Waals surface area contributed by atoms with Gasteiger partial charge in [-0.3, -0.25) is 4.98 Å². The molecule has 2 unspecified atom stereocenters. The summed E-state index contributed by atoms with van der Waals surface area (Å²) in [7, 11) is 0. The maximum atomic E-state index is 13.2. The molecule has 2 nitrogen and oxygen atoms in total. The van der Waals surface area contributed by atoms with Crippen LogP contribution in [-0.2, 0) is 5.60 Å². The Balaban J connectivity index is 1.90. The molecule has 17 heavy (non-hydrogen) atoms. The second-order valence-electron chi connectivity index (χ2n) is 5.14. The van der Waals surface area contributed by atoms with Crippen LogP contribution in [0.4, 0.5) is 4.39 Å². The van der Waals surface area contributed by atoms with Crippen molar-refractivity contribution in [3.05, 3.63) is 29.8 Å². The number of nitrogens with zero attached hydrogens (tertiary/aromatic N) is 1. The van der Waals surface area contributed by atoms with E-state index in [2.05, 4.69) is 4.98 Å². The number of hydrogen-bond acceptors (Lipinski definition) is 3. The zero-order valence-electron chi connectivity index (χ0n) is 9.60. The zero-order chi connectivity index (χ0) is 11.9. The topological polar surface area (TPSA) is 33.1 Å². The lowest BCUT2D eigenvalue weighted by Gasteiger charge is -2.44. The van der Waals surface area contributed by atoms with E-state index in [9.17, 15) is 9.50 Å². The van der Waals surface area contributed by atoms with Crippen LogP contribution in [-0.4, -0.2) is 20.6 Å². The fraction of sp³-hybridized carbons (Fsp3) is 0.615. The lowest BCUT2D eigenvalue weighted by atomic mass is 9.81. The molecule has 92 valence electrons. The molecule has 2 atom stereocenters. The molecule has 2 saturated heterocycles. The van der Waals surface area contributed by atoms with Gasteiger partial charge in [0.25, 0.3) is 0 Å². The van der Waals surface area contributed by atoms with Crippen LogP contribution in [0.25, 0.3) is 0 Å². The van der Waals surface area contributed by atoms with E-state index in [1.807, 2.05) is 11.8 Å². The Kier molecular flexibility index (Phi) is 2.87. The first kappa shape index (κ1) is 11.5. The Morgan fingerprint density at radius 3 is 2.65 bits per heavy atom. The normalized spacial score (nSPS) is 36.8.